The van der Waals surface area contributed by atoms with Crippen molar-refractivity contribution in [2.45, 2.75) is 27.7 Å². The van der Waals surface area contributed by atoms with Crippen LogP contribution < -0.4 is 15.2 Å². The molecule has 1 heterocycles. The first-order valence-electron chi connectivity index (χ1n) is 8.15. The third-order valence-electron chi connectivity index (χ3n) is 4.50. The number of hydrogen-bond donors (Lipinski definition) is 1. The molecule has 1 aromatic carbocycles. The van der Waals surface area contributed by atoms with Crippen molar-refractivity contribution in [3.8, 4) is 11.3 Å². The second-order valence-electron chi connectivity index (χ2n) is 6.45. The van der Waals surface area contributed by atoms with E-state index < -0.39 is 0 Å². The number of nitrogens with one attached hydrogen (secondary N) is 1. The van der Waals surface area contributed by atoms with Crippen molar-refractivity contribution in [2.75, 3.05) is 26.0 Å². The van der Waals surface area contributed by atoms with Crippen molar-refractivity contribution >= 4 is 16.7 Å². The molecule has 1 aliphatic heterocycles. The first-order chi connectivity index (χ1) is 10.9. The van der Waals surface area contributed by atoms with Gasteiger partial charge < -0.3 is 9.73 Å². The molecule has 3 rings (SSSR count). The zero-order valence-corrected chi connectivity index (χ0v) is 14.9. The van der Waals surface area contributed by atoms with Crippen LogP contribution >= 0.6 is 0 Å². The maximum Gasteiger partial charge on any atom is 0.206 e. The molecule has 0 saturated carbocycles. The van der Waals surface area contributed by atoms with Gasteiger partial charge in [0.25, 0.3) is 0 Å². The molecule has 0 radical (unpaired) electrons. The fraction of sp³-hybridized carbons (Fsp3) is 0.350. The van der Waals surface area contributed by atoms with Crippen LogP contribution in [0.15, 0.2) is 28.7 Å². The minimum absolute atomic E-state index is 0.906. The molecule has 0 saturated heterocycles. The Hall–Kier alpha value is -2.29. The van der Waals surface area contributed by atoms with Gasteiger partial charge in [-0.1, -0.05) is 0 Å². The summed E-state index contributed by atoms with van der Waals surface area (Å²) < 4.78 is 8.38. The molecular weight excluding hydrogens is 284 g/mol. The molecule has 0 amide bonds. The molecule has 1 aromatic rings. The molecule has 3 heteroatoms. The maximum atomic E-state index is 6.25. The zero-order valence-electron chi connectivity index (χ0n) is 14.9. The predicted molar refractivity (Wildman–Crippen MR) is 98.3 cm³/mol. The van der Waals surface area contributed by atoms with Crippen molar-refractivity contribution in [3.63, 3.8) is 0 Å². The lowest BCUT2D eigenvalue weighted by atomic mass is 9.97. The van der Waals surface area contributed by atoms with Gasteiger partial charge in [0, 0.05) is 34.8 Å². The third-order valence-corrected chi connectivity index (χ3v) is 4.50. The van der Waals surface area contributed by atoms with Gasteiger partial charge in [-0.25, -0.2) is 4.58 Å². The number of nitrogens with zero attached hydrogens (tertiary/aromatic N) is 1. The van der Waals surface area contributed by atoms with Crippen LogP contribution in [0, 0.1) is 20.8 Å². The van der Waals surface area contributed by atoms with E-state index in [1.165, 1.54) is 33.0 Å². The Morgan fingerprint density at radius 3 is 2.39 bits per heavy atom. The van der Waals surface area contributed by atoms with E-state index in [0.29, 0.717) is 0 Å². The molecular formula is C20H25N2O+. The van der Waals surface area contributed by atoms with Gasteiger partial charge >= 0.3 is 0 Å². The van der Waals surface area contributed by atoms with Gasteiger partial charge in [0.2, 0.25) is 5.36 Å². The van der Waals surface area contributed by atoms with Crippen molar-refractivity contribution in [3.05, 3.63) is 46.3 Å². The summed E-state index contributed by atoms with van der Waals surface area (Å²) in [6, 6.07) is 8.72. The monoisotopic (exact) mass is 309 g/mol. The number of anilines is 1. The molecule has 120 valence electrons. The van der Waals surface area contributed by atoms with Crippen molar-refractivity contribution < 1.29 is 4.42 Å². The van der Waals surface area contributed by atoms with Gasteiger partial charge in [-0.3, -0.25) is 0 Å². The van der Waals surface area contributed by atoms with E-state index in [2.05, 4.69) is 75.9 Å². The number of fused-ring (bicyclic) bond motifs is 2. The SMILES string of the molecule is CCNc1cc2oc3cc(=[N+](C)C)c(C)cc-3c(C)c2cc1C. The van der Waals surface area contributed by atoms with Gasteiger partial charge in [-0.05, 0) is 51.0 Å². The number of aryl methyl sites for hydroxylation is 3. The highest BCUT2D eigenvalue weighted by Gasteiger charge is 2.16. The minimum atomic E-state index is 0.906. The van der Waals surface area contributed by atoms with E-state index in [1.807, 2.05) is 0 Å². The van der Waals surface area contributed by atoms with Crippen LogP contribution in [0.4, 0.5) is 5.69 Å². The van der Waals surface area contributed by atoms with Crippen LogP contribution in [0.3, 0.4) is 0 Å². The van der Waals surface area contributed by atoms with Gasteiger partial charge in [0.1, 0.15) is 25.4 Å². The predicted octanol–water partition coefficient (Wildman–Crippen LogP) is 3.93. The molecule has 1 aliphatic carbocycles. The van der Waals surface area contributed by atoms with Crippen LogP contribution in [0.25, 0.3) is 22.3 Å². The van der Waals surface area contributed by atoms with E-state index in [-0.39, 0.29) is 0 Å². The van der Waals surface area contributed by atoms with Crippen LogP contribution in [-0.4, -0.2) is 20.6 Å². The third kappa shape index (κ3) is 2.61. The minimum Gasteiger partial charge on any atom is -0.456 e. The first kappa shape index (κ1) is 15.6. The molecule has 0 unspecified atom stereocenters. The van der Waals surface area contributed by atoms with Gasteiger partial charge in [-0.2, -0.15) is 0 Å². The molecule has 3 nitrogen and oxygen atoms in total. The van der Waals surface area contributed by atoms with Crippen LogP contribution in [-0.2, 0) is 0 Å². The van der Waals surface area contributed by atoms with E-state index >= 15 is 0 Å². The molecule has 0 bridgehead atoms. The summed E-state index contributed by atoms with van der Waals surface area (Å²) in [6.07, 6.45) is 0. The number of rotatable bonds is 2. The molecule has 2 aliphatic rings. The van der Waals surface area contributed by atoms with Crippen molar-refractivity contribution in [1.82, 2.24) is 4.58 Å². The number of benzene rings is 2. The highest BCUT2D eigenvalue weighted by molar-refractivity contribution is 5.90. The lowest BCUT2D eigenvalue weighted by molar-refractivity contribution is 0.615. The summed E-state index contributed by atoms with van der Waals surface area (Å²) in [4.78, 5) is 0. The summed E-state index contributed by atoms with van der Waals surface area (Å²) in [6.45, 7) is 9.49. The highest BCUT2D eigenvalue weighted by atomic mass is 16.3. The normalized spacial score (nSPS) is 11.2. The van der Waals surface area contributed by atoms with Crippen molar-refractivity contribution in [2.24, 2.45) is 0 Å². The Morgan fingerprint density at radius 1 is 1.00 bits per heavy atom. The Kier molecular flexibility index (Phi) is 3.88. The Labute approximate surface area is 137 Å². The largest absolute Gasteiger partial charge is 0.456 e. The summed E-state index contributed by atoms with van der Waals surface area (Å²) >= 11 is 0. The number of hydrogen-bond acceptors (Lipinski definition) is 2. The lowest BCUT2D eigenvalue weighted by Gasteiger charge is -2.15. The molecule has 23 heavy (non-hydrogen) atoms. The second-order valence-corrected chi connectivity index (χ2v) is 6.45. The quantitative estimate of drug-likeness (QED) is 0.574. The van der Waals surface area contributed by atoms with E-state index in [1.54, 1.807) is 0 Å². The van der Waals surface area contributed by atoms with Crippen LogP contribution in [0.5, 0.6) is 0 Å². The maximum absolute atomic E-state index is 6.25. The Balaban J connectivity index is 2.41. The molecule has 0 atom stereocenters. The van der Waals surface area contributed by atoms with E-state index in [9.17, 15) is 0 Å². The first-order valence-corrected chi connectivity index (χ1v) is 8.15. The van der Waals surface area contributed by atoms with Gasteiger partial charge in [0.15, 0.2) is 0 Å². The van der Waals surface area contributed by atoms with Gasteiger partial charge in [-0.15, -0.1) is 0 Å². The van der Waals surface area contributed by atoms with Crippen LogP contribution in [0.1, 0.15) is 23.6 Å². The fourth-order valence-corrected chi connectivity index (χ4v) is 3.25. The van der Waals surface area contributed by atoms with Crippen molar-refractivity contribution in [1.29, 1.82) is 0 Å². The summed E-state index contributed by atoms with van der Waals surface area (Å²) in [5.74, 6) is 0.940. The van der Waals surface area contributed by atoms with E-state index in [4.69, 9.17) is 4.42 Å². The highest BCUT2D eigenvalue weighted by Crippen LogP contribution is 2.34. The summed E-state index contributed by atoms with van der Waals surface area (Å²) in [5.41, 5.74) is 7.06. The summed E-state index contributed by atoms with van der Waals surface area (Å²) in [7, 11) is 4.13. The average Bonchev–Trinajstić information content (AvgIpc) is 2.50. The Bertz CT molecular complexity index is 931. The molecule has 0 aromatic heterocycles. The topological polar surface area (TPSA) is 28.2 Å². The van der Waals surface area contributed by atoms with Crippen LogP contribution in [0.2, 0.25) is 0 Å². The van der Waals surface area contributed by atoms with E-state index in [0.717, 1.165) is 23.6 Å². The second kappa shape index (κ2) is 5.73. The average molecular weight is 309 g/mol. The molecule has 0 fully saturated rings. The standard InChI is InChI=1S/C20H24N2O/c1-7-21-17-10-19-15(8-12(17)2)14(4)16-9-13(3)18(22(5)6)11-20(16)23-19/h8-11H,7H2,1-6H3/p+1. The van der Waals surface area contributed by atoms with Gasteiger partial charge in [0.05, 0.1) is 6.07 Å². The fourth-order valence-electron chi connectivity index (χ4n) is 3.25. The molecule has 0 spiro atoms. The summed E-state index contributed by atoms with van der Waals surface area (Å²) in [5, 5.41) is 5.79. The zero-order chi connectivity index (χ0) is 16.7. The smallest absolute Gasteiger partial charge is 0.206 e. The lowest BCUT2D eigenvalue weighted by Crippen LogP contribution is -2.24. The Morgan fingerprint density at radius 2 is 1.74 bits per heavy atom. The molecule has 1 N–H and O–H groups in total.